The van der Waals surface area contributed by atoms with Crippen molar-refractivity contribution >= 4 is 0 Å². The lowest BCUT2D eigenvalue weighted by Crippen LogP contribution is -2.42. The Labute approximate surface area is 107 Å². The Balaban J connectivity index is 2.31. The van der Waals surface area contributed by atoms with Crippen molar-refractivity contribution in [2.75, 3.05) is 26.2 Å². The lowest BCUT2D eigenvalue weighted by atomic mass is 9.94. The first-order valence-electron chi connectivity index (χ1n) is 7.11. The van der Waals surface area contributed by atoms with E-state index >= 15 is 0 Å². The molecule has 0 atom stereocenters. The lowest BCUT2D eigenvalue weighted by molar-refractivity contribution is -0.0192. The van der Waals surface area contributed by atoms with Gasteiger partial charge in [0, 0.05) is 25.7 Å². The second-order valence-electron chi connectivity index (χ2n) is 6.08. The maximum Gasteiger partial charge on any atom is 0.0600 e. The van der Waals surface area contributed by atoms with Crippen molar-refractivity contribution in [1.82, 2.24) is 4.90 Å². The summed E-state index contributed by atoms with van der Waals surface area (Å²) in [6.45, 7) is 9.95. The van der Waals surface area contributed by atoms with Gasteiger partial charge in [-0.1, -0.05) is 19.3 Å². The number of hydrogen-bond acceptors (Lipinski definition) is 3. The highest BCUT2D eigenvalue weighted by molar-refractivity contribution is 4.76. The van der Waals surface area contributed by atoms with Crippen LogP contribution in [0.5, 0.6) is 0 Å². The van der Waals surface area contributed by atoms with E-state index in [0.717, 1.165) is 32.3 Å². The SMILES string of the molecule is CC(C)(C)OCCN(CCN)C1CCCCC1. The van der Waals surface area contributed by atoms with Gasteiger partial charge < -0.3 is 10.5 Å². The summed E-state index contributed by atoms with van der Waals surface area (Å²) in [4.78, 5) is 2.53. The van der Waals surface area contributed by atoms with Crippen LogP contribution in [0.25, 0.3) is 0 Å². The number of rotatable bonds is 6. The van der Waals surface area contributed by atoms with Gasteiger partial charge in [0.05, 0.1) is 12.2 Å². The number of ether oxygens (including phenoxy) is 1. The van der Waals surface area contributed by atoms with E-state index in [-0.39, 0.29) is 5.60 Å². The van der Waals surface area contributed by atoms with Gasteiger partial charge in [0.25, 0.3) is 0 Å². The van der Waals surface area contributed by atoms with Crippen molar-refractivity contribution < 1.29 is 4.74 Å². The van der Waals surface area contributed by atoms with Gasteiger partial charge in [0.15, 0.2) is 0 Å². The monoisotopic (exact) mass is 242 g/mol. The van der Waals surface area contributed by atoms with Gasteiger partial charge in [-0.05, 0) is 33.6 Å². The van der Waals surface area contributed by atoms with Crippen molar-refractivity contribution in [2.45, 2.75) is 64.5 Å². The van der Waals surface area contributed by atoms with Gasteiger partial charge in [-0.3, -0.25) is 4.90 Å². The van der Waals surface area contributed by atoms with Gasteiger partial charge in [-0.25, -0.2) is 0 Å². The first kappa shape index (κ1) is 14.9. The molecule has 0 aromatic carbocycles. The molecule has 2 N–H and O–H groups in total. The second-order valence-corrected chi connectivity index (χ2v) is 6.08. The summed E-state index contributed by atoms with van der Waals surface area (Å²) in [7, 11) is 0. The first-order chi connectivity index (χ1) is 8.03. The van der Waals surface area contributed by atoms with Crippen LogP contribution < -0.4 is 5.73 Å². The number of hydrogen-bond donors (Lipinski definition) is 1. The maximum absolute atomic E-state index is 5.81. The topological polar surface area (TPSA) is 38.5 Å². The summed E-state index contributed by atoms with van der Waals surface area (Å²) in [6.07, 6.45) is 6.86. The molecule has 0 spiro atoms. The quantitative estimate of drug-likeness (QED) is 0.777. The van der Waals surface area contributed by atoms with Crippen LogP contribution in [0.4, 0.5) is 0 Å². The van der Waals surface area contributed by atoms with E-state index in [1.165, 1.54) is 32.1 Å². The average Bonchev–Trinajstić information content (AvgIpc) is 2.27. The van der Waals surface area contributed by atoms with E-state index in [1.54, 1.807) is 0 Å². The molecule has 102 valence electrons. The highest BCUT2D eigenvalue weighted by atomic mass is 16.5. The van der Waals surface area contributed by atoms with Crippen LogP contribution in [0.3, 0.4) is 0 Å². The maximum atomic E-state index is 5.81. The Morgan fingerprint density at radius 3 is 2.29 bits per heavy atom. The molecule has 0 saturated heterocycles. The fourth-order valence-corrected chi connectivity index (χ4v) is 2.56. The molecule has 1 aliphatic carbocycles. The molecule has 0 bridgehead atoms. The van der Waals surface area contributed by atoms with Crippen LogP contribution in [0, 0.1) is 0 Å². The van der Waals surface area contributed by atoms with Crippen molar-refractivity contribution in [3.63, 3.8) is 0 Å². The van der Waals surface area contributed by atoms with Gasteiger partial charge in [-0.15, -0.1) is 0 Å². The Morgan fingerprint density at radius 1 is 1.12 bits per heavy atom. The Kier molecular flexibility index (Phi) is 6.45. The molecule has 1 fully saturated rings. The van der Waals surface area contributed by atoms with E-state index in [2.05, 4.69) is 25.7 Å². The van der Waals surface area contributed by atoms with Crippen LogP contribution in [0.15, 0.2) is 0 Å². The highest BCUT2D eigenvalue weighted by Gasteiger charge is 2.20. The van der Waals surface area contributed by atoms with Crippen LogP contribution in [-0.4, -0.2) is 42.8 Å². The summed E-state index contributed by atoms with van der Waals surface area (Å²) < 4.78 is 5.81. The van der Waals surface area contributed by atoms with E-state index in [1.807, 2.05) is 0 Å². The third-order valence-corrected chi connectivity index (χ3v) is 3.42. The predicted molar refractivity (Wildman–Crippen MR) is 73.2 cm³/mol. The second kappa shape index (κ2) is 7.34. The first-order valence-corrected chi connectivity index (χ1v) is 7.11. The Bertz CT molecular complexity index is 195. The fourth-order valence-electron chi connectivity index (χ4n) is 2.56. The zero-order valence-electron chi connectivity index (χ0n) is 11.9. The van der Waals surface area contributed by atoms with Gasteiger partial charge in [0.2, 0.25) is 0 Å². The molecule has 0 amide bonds. The summed E-state index contributed by atoms with van der Waals surface area (Å²) in [5, 5.41) is 0. The van der Waals surface area contributed by atoms with E-state index in [9.17, 15) is 0 Å². The van der Waals surface area contributed by atoms with Gasteiger partial charge in [0.1, 0.15) is 0 Å². The minimum Gasteiger partial charge on any atom is -0.375 e. The molecule has 1 saturated carbocycles. The van der Waals surface area contributed by atoms with Crippen molar-refractivity contribution in [1.29, 1.82) is 0 Å². The number of nitrogens with zero attached hydrogens (tertiary/aromatic N) is 1. The molecule has 1 aliphatic rings. The molecule has 1 rings (SSSR count). The van der Waals surface area contributed by atoms with Crippen LogP contribution in [-0.2, 0) is 4.74 Å². The zero-order chi connectivity index (χ0) is 12.7. The molecule has 3 nitrogen and oxygen atoms in total. The summed E-state index contributed by atoms with van der Waals surface area (Å²) >= 11 is 0. The smallest absolute Gasteiger partial charge is 0.0600 e. The Morgan fingerprint density at radius 2 is 1.76 bits per heavy atom. The molecule has 0 aromatic heterocycles. The highest BCUT2D eigenvalue weighted by Crippen LogP contribution is 2.22. The predicted octanol–water partition coefficient (Wildman–Crippen LogP) is 2.39. The van der Waals surface area contributed by atoms with E-state index in [0.29, 0.717) is 0 Å². The van der Waals surface area contributed by atoms with Crippen molar-refractivity contribution in [3.8, 4) is 0 Å². The third-order valence-electron chi connectivity index (χ3n) is 3.42. The van der Waals surface area contributed by atoms with E-state index in [4.69, 9.17) is 10.5 Å². The standard InChI is InChI=1S/C14H30N2O/c1-14(2,3)17-12-11-16(10-9-15)13-7-5-4-6-8-13/h13H,4-12,15H2,1-3H3. The van der Waals surface area contributed by atoms with Crippen LogP contribution in [0.2, 0.25) is 0 Å². The minimum atomic E-state index is -0.0268. The number of nitrogens with two attached hydrogens (primary N) is 1. The third kappa shape index (κ3) is 6.39. The fraction of sp³-hybridized carbons (Fsp3) is 1.00. The minimum absolute atomic E-state index is 0.0268. The van der Waals surface area contributed by atoms with Crippen LogP contribution >= 0.6 is 0 Å². The zero-order valence-corrected chi connectivity index (χ0v) is 11.9. The lowest BCUT2D eigenvalue weighted by Gasteiger charge is -2.34. The van der Waals surface area contributed by atoms with Gasteiger partial charge in [-0.2, -0.15) is 0 Å². The normalized spacial score (nSPS) is 18.9. The van der Waals surface area contributed by atoms with Crippen molar-refractivity contribution in [3.05, 3.63) is 0 Å². The molecule has 3 heteroatoms. The Hall–Kier alpha value is -0.120. The van der Waals surface area contributed by atoms with E-state index < -0.39 is 0 Å². The summed E-state index contributed by atoms with van der Waals surface area (Å²) in [5.41, 5.74) is 5.68. The molecule has 0 heterocycles. The van der Waals surface area contributed by atoms with Crippen molar-refractivity contribution in [2.24, 2.45) is 5.73 Å². The molecule has 17 heavy (non-hydrogen) atoms. The molecular weight excluding hydrogens is 212 g/mol. The van der Waals surface area contributed by atoms with Crippen LogP contribution in [0.1, 0.15) is 52.9 Å². The summed E-state index contributed by atoms with van der Waals surface area (Å²) in [6, 6.07) is 0.746. The largest absolute Gasteiger partial charge is 0.375 e. The molecular formula is C14H30N2O. The molecule has 0 radical (unpaired) electrons. The molecule has 0 aromatic rings. The molecule has 0 aliphatic heterocycles. The van der Waals surface area contributed by atoms with Gasteiger partial charge >= 0.3 is 0 Å². The summed E-state index contributed by atoms with van der Waals surface area (Å²) in [5.74, 6) is 0. The average molecular weight is 242 g/mol. The molecule has 0 unspecified atom stereocenters.